The first kappa shape index (κ1) is 27.2. The average molecular weight is 563 g/mol. The topological polar surface area (TPSA) is 157 Å². The summed E-state index contributed by atoms with van der Waals surface area (Å²) in [5, 5.41) is 46.6. The Bertz CT molecular complexity index is 1500. The minimum atomic E-state index is -0.783. The second-order valence-corrected chi connectivity index (χ2v) is 9.10. The van der Waals surface area contributed by atoms with Crippen LogP contribution in [0.3, 0.4) is 0 Å². The second kappa shape index (κ2) is 11.7. The van der Waals surface area contributed by atoms with E-state index in [9.17, 15) is 30.4 Å². The van der Waals surface area contributed by atoms with Gasteiger partial charge in [0, 0.05) is 34.6 Å². The number of halogens is 2. The summed E-state index contributed by atoms with van der Waals surface area (Å²) >= 11 is 11.8. The Morgan fingerprint density at radius 3 is 1.33 bits per heavy atom. The van der Waals surface area contributed by atoms with Gasteiger partial charge in [0.15, 0.2) is 0 Å². The fraction of sp³-hybridized carbons (Fsp3) is 0.0370. The summed E-state index contributed by atoms with van der Waals surface area (Å²) in [6.45, 7) is 0. The third-order valence-corrected chi connectivity index (χ3v) is 5.94. The quantitative estimate of drug-likeness (QED) is 0.144. The van der Waals surface area contributed by atoms with Gasteiger partial charge < -0.3 is 10.2 Å². The molecule has 0 amide bonds. The van der Waals surface area contributed by atoms with Crippen molar-refractivity contribution in [2.75, 3.05) is 0 Å². The van der Waals surface area contributed by atoms with Gasteiger partial charge in [0.05, 0.1) is 21.2 Å². The van der Waals surface area contributed by atoms with E-state index in [1.807, 2.05) is 24.3 Å². The van der Waals surface area contributed by atoms with Crippen LogP contribution < -0.4 is 10.2 Å². The van der Waals surface area contributed by atoms with Crippen LogP contribution in [0.1, 0.15) is 22.3 Å². The van der Waals surface area contributed by atoms with Crippen LogP contribution in [0.5, 0.6) is 11.5 Å². The first-order chi connectivity index (χ1) is 18.6. The Morgan fingerprint density at radius 1 is 0.641 bits per heavy atom. The van der Waals surface area contributed by atoms with E-state index in [-0.39, 0.29) is 21.2 Å². The summed E-state index contributed by atoms with van der Waals surface area (Å²) in [5.74, 6) is -1.53. The summed E-state index contributed by atoms with van der Waals surface area (Å²) in [7, 11) is 0. The molecule has 0 unspecified atom stereocenters. The zero-order chi connectivity index (χ0) is 28.1. The van der Waals surface area contributed by atoms with Crippen LogP contribution in [0.25, 0.3) is 0 Å². The van der Waals surface area contributed by atoms with Gasteiger partial charge in [-0.2, -0.15) is 0 Å². The molecule has 0 aliphatic heterocycles. The van der Waals surface area contributed by atoms with Gasteiger partial charge in [-0.3, -0.25) is 30.2 Å². The van der Waals surface area contributed by atoms with E-state index in [2.05, 4.69) is 9.98 Å². The zero-order valence-electron chi connectivity index (χ0n) is 19.8. The lowest BCUT2D eigenvalue weighted by Crippen LogP contribution is -2.02. The lowest BCUT2D eigenvalue weighted by Gasteiger charge is -2.11. The minimum absolute atomic E-state index is 0.0149. The van der Waals surface area contributed by atoms with Crippen molar-refractivity contribution in [3.8, 4) is 11.5 Å². The molecule has 0 saturated heterocycles. The molecule has 196 valence electrons. The Kier molecular flexibility index (Phi) is 8.18. The van der Waals surface area contributed by atoms with Gasteiger partial charge in [-0.05, 0) is 76.6 Å². The standard InChI is InChI=1S/C27H18Cl2N4O6/c28-20-10-18(26(34)24(12-20)32(36)37)14-30-22-5-1-16(2-6-22)9-17-3-7-23(8-4-17)31-15-19-11-21(29)13-25(27(19)35)33(38)39/h1-8,10-15,34-35H,9H2/p-2. The maximum atomic E-state index is 12.2. The number of hydrogen-bond donors (Lipinski definition) is 0. The molecule has 4 aromatic carbocycles. The van der Waals surface area contributed by atoms with Gasteiger partial charge >= 0.3 is 0 Å². The molecule has 0 aromatic heterocycles. The highest BCUT2D eigenvalue weighted by atomic mass is 35.5. The predicted molar refractivity (Wildman–Crippen MR) is 145 cm³/mol. The van der Waals surface area contributed by atoms with Crippen LogP contribution in [0.2, 0.25) is 10.0 Å². The van der Waals surface area contributed by atoms with Crippen molar-refractivity contribution >= 4 is 58.4 Å². The molecule has 0 N–H and O–H groups in total. The number of nitrogens with zero attached hydrogens (tertiary/aromatic N) is 4. The van der Waals surface area contributed by atoms with Crippen molar-refractivity contribution in [3.05, 3.63) is 125 Å². The molecule has 0 saturated carbocycles. The molecule has 0 spiro atoms. The Labute approximate surface area is 231 Å². The molecule has 4 aromatic rings. The zero-order valence-corrected chi connectivity index (χ0v) is 21.3. The third-order valence-electron chi connectivity index (χ3n) is 5.51. The van der Waals surface area contributed by atoms with Crippen LogP contribution in [-0.2, 0) is 6.42 Å². The molecule has 10 nitrogen and oxygen atoms in total. The van der Waals surface area contributed by atoms with Crippen molar-refractivity contribution in [3.63, 3.8) is 0 Å². The van der Waals surface area contributed by atoms with Gasteiger partial charge in [0.25, 0.3) is 11.4 Å². The molecule has 39 heavy (non-hydrogen) atoms. The Morgan fingerprint density at radius 2 is 1.00 bits per heavy atom. The highest BCUT2D eigenvalue weighted by molar-refractivity contribution is 6.31. The van der Waals surface area contributed by atoms with Gasteiger partial charge in [-0.1, -0.05) is 47.5 Å². The van der Waals surface area contributed by atoms with Gasteiger partial charge in [0.1, 0.15) is 0 Å². The third kappa shape index (κ3) is 6.75. The Hall–Kier alpha value is -4.80. The monoisotopic (exact) mass is 562 g/mol. The normalized spacial score (nSPS) is 11.3. The lowest BCUT2D eigenvalue weighted by molar-refractivity contribution is -0.398. The highest BCUT2D eigenvalue weighted by Crippen LogP contribution is 2.31. The predicted octanol–water partition coefficient (Wildman–Crippen LogP) is 6.05. The van der Waals surface area contributed by atoms with Crippen LogP contribution in [0, 0.1) is 20.2 Å². The fourth-order valence-corrected chi connectivity index (χ4v) is 4.03. The Balaban J connectivity index is 1.42. The maximum Gasteiger partial charge on any atom is 0.263 e. The maximum absolute atomic E-state index is 12.2. The van der Waals surface area contributed by atoms with E-state index in [4.69, 9.17) is 23.2 Å². The molecule has 0 heterocycles. The number of hydrogen-bond acceptors (Lipinski definition) is 8. The highest BCUT2D eigenvalue weighted by Gasteiger charge is 2.12. The second-order valence-electron chi connectivity index (χ2n) is 8.23. The van der Waals surface area contributed by atoms with E-state index >= 15 is 0 Å². The van der Waals surface area contributed by atoms with Gasteiger partial charge in [-0.15, -0.1) is 0 Å². The van der Waals surface area contributed by atoms with Crippen LogP contribution in [-0.4, -0.2) is 22.3 Å². The minimum Gasteiger partial charge on any atom is -0.867 e. The van der Waals surface area contributed by atoms with E-state index in [1.165, 1.54) is 24.6 Å². The van der Waals surface area contributed by atoms with E-state index < -0.39 is 32.7 Å². The molecular formula is C27H16Cl2N4O6-2. The van der Waals surface area contributed by atoms with Gasteiger partial charge in [-0.25, -0.2) is 0 Å². The van der Waals surface area contributed by atoms with Crippen molar-refractivity contribution < 1.29 is 20.1 Å². The SMILES string of the molecule is O=[N+]([O-])c1cc(Cl)cc(C=Nc2ccc(Cc3ccc(N=Cc4cc(Cl)cc([N+](=O)[O-])c4[O-])cc3)cc2)c1[O-]. The van der Waals surface area contributed by atoms with Gasteiger partial charge in [0.2, 0.25) is 0 Å². The molecule has 0 aliphatic rings. The van der Waals surface area contributed by atoms with E-state index in [0.717, 1.165) is 23.3 Å². The first-order valence-corrected chi connectivity index (χ1v) is 11.9. The number of nitro benzene ring substituents is 2. The fourth-order valence-electron chi connectivity index (χ4n) is 3.59. The van der Waals surface area contributed by atoms with Crippen LogP contribution in [0.4, 0.5) is 22.7 Å². The molecule has 0 radical (unpaired) electrons. The summed E-state index contributed by atoms with van der Waals surface area (Å²) < 4.78 is 0. The molecule has 0 aliphatic carbocycles. The van der Waals surface area contributed by atoms with E-state index in [0.29, 0.717) is 17.8 Å². The van der Waals surface area contributed by atoms with Crippen molar-refractivity contribution in [1.29, 1.82) is 0 Å². The summed E-state index contributed by atoms with van der Waals surface area (Å²) in [6.07, 6.45) is 3.09. The first-order valence-electron chi connectivity index (χ1n) is 11.2. The summed E-state index contributed by atoms with van der Waals surface area (Å²) in [5.41, 5.74) is 1.86. The molecule has 0 atom stereocenters. The van der Waals surface area contributed by atoms with E-state index in [1.54, 1.807) is 24.3 Å². The smallest absolute Gasteiger partial charge is 0.263 e. The van der Waals surface area contributed by atoms with Crippen LogP contribution in [0.15, 0.2) is 82.8 Å². The van der Waals surface area contributed by atoms with Crippen molar-refractivity contribution in [1.82, 2.24) is 0 Å². The number of benzene rings is 4. The number of nitro groups is 2. The summed E-state index contributed by atoms with van der Waals surface area (Å²) in [6, 6.07) is 19.1. The molecular weight excluding hydrogens is 547 g/mol. The lowest BCUT2D eigenvalue weighted by atomic mass is 10.0. The largest absolute Gasteiger partial charge is 0.867 e. The number of rotatable bonds is 8. The van der Waals surface area contributed by atoms with Crippen LogP contribution >= 0.6 is 23.2 Å². The molecule has 0 fully saturated rings. The van der Waals surface area contributed by atoms with Crippen molar-refractivity contribution in [2.45, 2.75) is 6.42 Å². The molecule has 4 rings (SSSR count). The average Bonchev–Trinajstić information content (AvgIpc) is 2.90. The van der Waals surface area contributed by atoms with Crippen molar-refractivity contribution in [2.24, 2.45) is 9.98 Å². The molecule has 0 bridgehead atoms. The summed E-state index contributed by atoms with van der Waals surface area (Å²) in [4.78, 5) is 28.9. The number of aliphatic imine (C=N–C) groups is 2. The molecule has 12 heteroatoms.